The van der Waals surface area contributed by atoms with Crippen molar-refractivity contribution in [3.8, 4) is 5.75 Å². The van der Waals surface area contributed by atoms with Gasteiger partial charge in [-0.05, 0) is 0 Å². The van der Waals surface area contributed by atoms with E-state index in [2.05, 4.69) is 8.83 Å². The lowest BCUT2D eigenvalue weighted by atomic mass is 10.1. The van der Waals surface area contributed by atoms with Gasteiger partial charge in [0.2, 0.25) is 13.3 Å². The van der Waals surface area contributed by atoms with Crippen molar-refractivity contribution in [2.75, 3.05) is 13.7 Å². The fraction of sp³-hybridized carbons (Fsp3) is 0.600. The molecule has 1 aliphatic heterocycles. The monoisotopic (exact) mass is 428 g/mol. The van der Waals surface area contributed by atoms with E-state index in [9.17, 15) is 28.9 Å². The molecule has 2 rings (SSSR count). The molecule has 1 aromatic heterocycles. The molecule has 0 spiro atoms. The number of hydrogen-bond acceptors (Lipinski definition) is 10. The summed E-state index contributed by atoms with van der Waals surface area (Å²) in [6.07, 6.45) is -5.32. The maximum atomic E-state index is 11.9. The summed E-state index contributed by atoms with van der Waals surface area (Å²) in [5, 5.41) is 20.1. The highest BCUT2D eigenvalue weighted by molar-refractivity contribution is 7.83. The van der Waals surface area contributed by atoms with Gasteiger partial charge in [0, 0.05) is 0 Å². The Bertz CT molecular complexity index is 895. The van der Waals surface area contributed by atoms with Crippen molar-refractivity contribution in [2.24, 2.45) is 0 Å². The smallest absolute Gasteiger partial charge is 0.476 e. The van der Waals surface area contributed by atoms with Crippen LogP contribution in [0.3, 0.4) is 0 Å². The molecule has 2 radical (unpaired) electrons. The number of aliphatic hydroxyl groups is 2. The Balaban J connectivity index is 2.17. The van der Waals surface area contributed by atoms with Gasteiger partial charge in [0.1, 0.15) is 18.3 Å². The quantitative estimate of drug-likeness (QED) is 0.227. The molecular formula is C10H15BN2O12P2. The average Bonchev–Trinajstić information content (AvgIpc) is 2.79. The molecule has 1 saturated heterocycles. The predicted octanol–water partition coefficient (Wildman–Crippen LogP) is -2.43. The first-order valence-corrected chi connectivity index (χ1v) is 10.2. The van der Waals surface area contributed by atoms with Gasteiger partial charge in [0.05, 0.1) is 19.9 Å². The highest BCUT2D eigenvalue weighted by Crippen LogP contribution is 2.57. The van der Waals surface area contributed by atoms with Gasteiger partial charge in [-0.25, -0.2) is 13.7 Å². The van der Waals surface area contributed by atoms with Crippen LogP contribution in [0.25, 0.3) is 0 Å². The second kappa shape index (κ2) is 7.99. The van der Waals surface area contributed by atoms with Crippen molar-refractivity contribution in [1.82, 2.24) is 9.55 Å². The van der Waals surface area contributed by atoms with E-state index in [-0.39, 0.29) is 5.75 Å². The second-order valence-electron chi connectivity index (χ2n) is 5.32. The second-order valence-corrected chi connectivity index (χ2v) is 8.29. The number of aromatic amines is 1. The Kier molecular flexibility index (Phi) is 6.52. The summed E-state index contributed by atoms with van der Waals surface area (Å²) in [4.78, 5) is 42.5. The molecule has 150 valence electrons. The third kappa shape index (κ3) is 5.38. The van der Waals surface area contributed by atoms with E-state index in [4.69, 9.17) is 26.8 Å². The Labute approximate surface area is 151 Å². The SMILES string of the molecule is [B]P(=O)(OC[C@H]1O[C@@H](n2cc(OC)c(=O)[nH]c2=O)C(O)C1O)OP(=O)(O)O. The third-order valence-electron chi connectivity index (χ3n) is 3.41. The van der Waals surface area contributed by atoms with E-state index in [0.717, 1.165) is 17.9 Å². The van der Waals surface area contributed by atoms with Crippen LogP contribution in [0, 0.1) is 0 Å². The largest absolute Gasteiger partial charge is 0.490 e. The first-order valence-electron chi connectivity index (χ1n) is 7.06. The van der Waals surface area contributed by atoms with E-state index in [0.29, 0.717) is 0 Å². The summed E-state index contributed by atoms with van der Waals surface area (Å²) in [5.74, 6) is -0.277. The molecule has 5 N–H and O–H groups in total. The van der Waals surface area contributed by atoms with E-state index in [1.165, 1.54) is 0 Å². The highest BCUT2D eigenvalue weighted by atomic mass is 31.3. The Morgan fingerprint density at radius 2 is 1.93 bits per heavy atom. The molecule has 5 atom stereocenters. The van der Waals surface area contributed by atoms with E-state index >= 15 is 0 Å². The van der Waals surface area contributed by atoms with Crippen molar-refractivity contribution in [1.29, 1.82) is 0 Å². The lowest BCUT2D eigenvalue weighted by Gasteiger charge is -2.19. The third-order valence-corrected chi connectivity index (χ3v) is 5.68. The van der Waals surface area contributed by atoms with Gasteiger partial charge in [-0.15, -0.1) is 0 Å². The minimum Gasteiger partial charge on any atom is -0.490 e. The lowest BCUT2D eigenvalue weighted by molar-refractivity contribution is -0.0522. The van der Waals surface area contributed by atoms with Gasteiger partial charge in [0.25, 0.3) is 13.0 Å². The number of rotatable bonds is 7. The molecule has 17 heteroatoms. The maximum absolute atomic E-state index is 11.9. The minimum absolute atomic E-state index is 0.277. The number of nitrogens with zero attached hydrogens (tertiary/aromatic N) is 1. The molecule has 2 heterocycles. The average molecular weight is 428 g/mol. The molecule has 0 saturated carbocycles. The number of ether oxygens (including phenoxy) is 2. The van der Waals surface area contributed by atoms with Crippen LogP contribution in [0.1, 0.15) is 6.23 Å². The first-order chi connectivity index (χ1) is 12.3. The fourth-order valence-corrected chi connectivity index (χ4v) is 3.98. The fourth-order valence-electron chi connectivity index (χ4n) is 2.25. The van der Waals surface area contributed by atoms with Gasteiger partial charge < -0.3 is 34.0 Å². The van der Waals surface area contributed by atoms with Crippen LogP contribution in [0.5, 0.6) is 5.75 Å². The number of aliphatic hydroxyl groups excluding tert-OH is 2. The number of phosphoric acid groups is 1. The molecule has 0 amide bonds. The van der Waals surface area contributed by atoms with Gasteiger partial charge in [0.15, 0.2) is 6.23 Å². The molecule has 1 aliphatic rings. The molecule has 1 fully saturated rings. The maximum Gasteiger partial charge on any atom is 0.476 e. The van der Waals surface area contributed by atoms with E-state index in [1.807, 2.05) is 4.98 Å². The van der Waals surface area contributed by atoms with Crippen LogP contribution in [0.4, 0.5) is 0 Å². The zero-order valence-electron chi connectivity index (χ0n) is 13.6. The number of nitrogens with one attached hydrogen (secondary N) is 1. The standard InChI is InChI=1S/C10H15BN2O12P2/c1-22-4-2-13(10(17)12-8(4)16)9-7(15)6(14)5(24-9)3-23-26(11,18)25-27(19,20)21/h2,5-7,9,14-15H,3H2,1H3,(H,12,16,17)(H2,19,20,21)/t5-,6?,7?,9-,26?/m1/s1. The Morgan fingerprint density at radius 3 is 2.48 bits per heavy atom. The van der Waals surface area contributed by atoms with Crippen molar-refractivity contribution in [2.45, 2.75) is 24.5 Å². The topological polar surface area (TPSA) is 207 Å². The van der Waals surface area contributed by atoms with Crippen molar-refractivity contribution in [3.63, 3.8) is 0 Å². The molecule has 0 aromatic carbocycles. The van der Waals surface area contributed by atoms with Gasteiger partial charge in [-0.1, -0.05) is 0 Å². The summed E-state index contributed by atoms with van der Waals surface area (Å²) in [6, 6.07) is 0. The van der Waals surface area contributed by atoms with Gasteiger partial charge in [-0.3, -0.25) is 18.9 Å². The van der Waals surface area contributed by atoms with Gasteiger partial charge >= 0.3 is 13.5 Å². The summed E-state index contributed by atoms with van der Waals surface area (Å²) in [7, 11) is -3.76. The number of methoxy groups -OCH3 is 1. The van der Waals surface area contributed by atoms with Gasteiger partial charge in [-0.2, -0.15) is 0 Å². The van der Waals surface area contributed by atoms with Crippen LogP contribution < -0.4 is 16.0 Å². The van der Waals surface area contributed by atoms with Crippen LogP contribution in [0.2, 0.25) is 0 Å². The molecule has 1 aromatic rings. The first kappa shape index (κ1) is 22.0. The van der Waals surface area contributed by atoms with Crippen LogP contribution in [-0.4, -0.2) is 69.1 Å². The zero-order chi connectivity index (χ0) is 20.6. The molecule has 0 bridgehead atoms. The minimum atomic E-state index is -5.22. The summed E-state index contributed by atoms with van der Waals surface area (Å²) >= 11 is 0. The number of H-pyrrole nitrogens is 1. The van der Waals surface area contributed by atoms with E-state index in [1.54, 1.807) is 0 Å². The Hall–Kier alpha value is -1.28. The summed E-state index contributed by atoms with van der Waals surface area (Å²) in [5.41, 5.74) is -1.81. The van der Waals surface area contributed by atoms with Crippen LogP contribution in [-0.2, 0) is 22.7 Å². The Morgan fingerprint density at radius 1 is 1.30 bits per heavy atom. The lowest BCUT2D eigenvalue weighted by Crippen LogP contribution is -2.38. The normalized spacial score (nSPS) is 28.0. The highest BCUT2D eigenvalue weighted by Gasteiger charge is 2.45. The zero-order valence-corrected chi connectivity index (χ0v) is 15.4. The van der Waals surface area contributed by atoms with Crippen molar-refractivity contribution >= 4 is 22.9 Å². The van der Waals surface area contributed by atoms with Crippen molar-refractivity contribution < 1.29 is 47.4 Å². The summed E-state index contributed by atoms with van der Waals surface area (Å²) < 4.78 is 41.4. The predicted molar refractivity (Wildman–Crippen MR) is 86.2 cm³/mol. The number of aromatic nitrogens is 2. The van der Waals surface area contributed by atoms with Crippen LogP contribution >= 0.6 is 15.3 Å². The molecule has 14 nitrogen and oxygen atoms in total. The molecular weight excluding hydrogens is 413 g/mol. The van der Waals surface area contributed by atoms with E-state index < -0.39 is 57.7 Å². The van der Waals surface area contributed by atoms with Crippen molar-refractivity contribution in [3.05, 3.63) is 27.0 Å². The molecule has 3 unspecified atom stereocenters. The molecule has 27 heavy (non-hydrogen) atoms. The molecule has 0 aliphatic carbocycles. The summed E-state index contributed by atoms with van der Waals surface area (Å²) in [6.45, 7) is -0.808. The number of hydrogen-bond donors (Lipinski definition) is 5. The van der Waals surface area contributed by atoms with Crippen LogP contribution in [0.15, 0.2) is 15.8 Å².